The van der Waals surface area contributed by atoms with Gasteiger partial charge in [-0.3, -0.25) is 0 Å². The van der Waals surface area contributed by atoms with E-state index in [1.54, 1.807) is 0 Å². The monoisotopic (exact) mass is 224 g/mol. The van der Waals surface area contributed by atoms with Gasteiger partial charge >= 0.3 is 0 Å². The Morgan fingerprint density at radius 3 is 2.44 bits per heavy atom. The second kappa shape index (κ2) is 5.50. The van der Waals surface area contributed by atoms with Crippen molar-refractivity contribution in [3.05, 3.63) is 0 Å². The first kappa shape index (κ1) is 12.4. The number of hydrogen-bond acceptors (Lipinski definition) is 2. The minimum Gasteiger partial charge on any atom is -0.310 e. The summed E-state index contributed by atoms with van der Waals surface area (Å²) < 4.78 is 0. The lowest BCUT2D eigenvalue weighted by atomic mass is 9.83. The van der Waals surface area contributed by atoms with E-state index in [9.17, 15) is 0 Å². The van der Waals surface area contributed by atoms with Gasteiger partial charge in [0.05, 0.1) is 0 Å². The summed E-state index contributed by atoms with van der Waals surface area (Å²) in [6.07, 6.45) is 5.49. The Labute approximate surface area is 101 Å². The fourth-order valence-electron chi connectivity index (χ4n) is 3.36. The van der Waals surface area contributed by atoms with Crippen LogP contribution in [0, 0.1) is 11.8 Å². The van der Waals surface area contributed by atoms with Crippen molar-refractivity contribution in [1.29, 1.82) is 0 Å². The third-order valence-electron chi connectivity index (χ3n) is 4.61. The molecule has 2 nitrogen and oxygen atoms in total. The summed E-state index contributed by atoms with van der Waals surface area (Å²) >= 11 is 0. The predicted molar refractivity (Wildman–Crippen MR) is 69.6 cm³/mol. The number of piperidine rings is 3. The van der Waals surface area contributed by atoms with Gasteiger partial charge in [0.15, 0.2) is 0 Å². The molecule has 1 N–H and O–H groups in total. The van der Waals surface area contributed by atoms with Crippen LogP contribution < -0.4 is 5.32 Å². The minimum atomic E-state index is 0.695. The summed E-state index contributed by atoms with van der Waals surface area (Å²) in [6, 6.07) is 1.47. The van der Waals surface area contributed by atoms with E-state index in [4.69, 9.17) is 0 Å². The molecule has 0 aromatic carbocycles. The maximum atomic E-state index is 3.87. The van der Waals surface area contributed by atoms with Crippen molar-refractivity contribution >= 4 is 0 Å². The van der Waals surface area contributed by atoms with Gasteiger partial charge in [-0.15, -0.1) is 0 Å². The van der Waals surface area contributed by atoms with Crippen LogP contribution in [-0.2, 0) is 0 Å². The van der Waals surface area contributed by atoms with Crippen molar-refractivity contribution in [3.8, 4) is 0 Å². The van der Waals surface area contributed by atoms with Gasteiger partial charge in [0, 0.05) is 18.6 Å². The summed E-state index contributed by atoms with van der Waals surface area (Å²) in [5, 5.41) is 3.87. The molecule has 3 aliphatic rings. The smallest absolute Gasteiger partial charge is 0.0226 e. The van der Waals surface area contributed by atoms with Gasteiger partial charge in [-0.05, 0) is 51.1 Å². The summed E-state index contributed by atoms with van der Waals surface area (Å²) in [5.74, 6) is 1.83. The molecule has 3 atom stereocenters. The third kappa shape index (κ3) is 2.98. The molecule has 0 saturated carbocycles. The first-order chi connectivity index (χ1) is 7.69. The van der Waals surface area contributed by atoms with Gasteiger partial charge in [-0.25, -0.2) is 0 Å². The molecule has 16 heavy (non-hydrogen) atoms. The summed E-state index contributed by atoms with van der Waals surface area (Å²) in [7, 11) is 0. The Hall–Kier alpha value is -0.0800. The molecular formula is C14H28N2. The summed E-state index contributed by atoms with van der Waals surface area (Å²) in [6.45, 7) is 11.0. The zero-order chi connectivity index (χ0) is 11.5. The fourth-order valence-corrected chi connectivity index (χ4v) is 3.36. The predicted octanol–water partition coefficient (Wildman–Crippen LogP) is 2.49. The lowest BCUT2D eigenvalue weighted by Crippen LogP contribution is -2.57. The van der Waals surface area contributed by atoms with Crippen LogP contribution in [0.4, 0.5) is 0 Å². The molecule has 2 heteroatoms. The topological polar surface area (TPSA) is 15.3 Å². The van der Waals surface area contributed by atoms with Crippen LogP contribution >= 0.6 is 0 Å². The average Bonchev–Trinajstić information content (AvgIpc) is 2.30. The Kier molecular flexibility index (Phi) is 4.26. The highest BCUT2D eigenvalue weighted by atomic mass is 15.2. The van der Waals surface area contributed by atoms with Crippen molar-refractivity contribution in [2.24, 2.45) is 11.8 Å². The van der Waals surface area contributed by atoms with E-state index in [0.29, 0.717) is 6.04 Å². The molecule has 0 aromatic heterocycles. The average molecular weight is 224 g/mol. The molecule has 0 radical (unpaired) electrons. The highest BCUT2D eigenvalue weighted by molar-refractivity contribution is 4.91. The highest BCUT2D eigenvalue weighted by Crippen LogP contribution is 2.28. The van der Waals surface area contributed by atoms with Crippen LogP contribution in [0.15, 0.2) is 0 Å². The van der Waals surface area contributed by atoms with Gasteiger partial charge in [-0.2, -0.15) is 0 Å². The molecule has 3 saturated heterocycles. The van der Waals surface area contributed by atoms with E-state index in [2.05, 4.69) is 31.0 Å². The fraction of sp³-hybridized carbons (Fsp3) is 1.00. The first-order valence-electron chi connectivity index (χ1n) is 7.17. The SMILES string of the molecule is CCC(C)CC(C)NC1CN2CCC1CC2. The molecule has 94 valence electrons. The van der Waals surface area contributed by atoms with Crippen molar-refractivity contribution < 1.29 is 0 Å². The number of nitrogens with zero attached hydrogens (tertiary/aromatic N) is 1. The maximum absolute atomic E-state index is 3.87. The van der Waals surface area contributed by atoms with Crippen molar-refractivity contribution in [2.45, 2.75) is 58.5 Å². The van der Waals surface area contributed by atoms with Gasteiger partial charge in [0.25, 0.3) is 0 Å². The second-order valence-corrected chi connectivity index (χ2v) is 6.06. The minimum absolute atomic E-state index is 0.695. The first-order valence-corrected chi connectivity index (χ1v) is 7.17. The molecule has 3 unspecified atom stereocenters. The Balaban J connectivity index is 1.76. The van der Waals surface area contributed by atoms with Crippen molar-refractivity contribution in [3.63, 3.8) is 0 Å². The molecule has 2 bridgehead atoms. The molecule has 0 aromatic rings. The lowest BCUT2D eigenvalue weighted by molar-refractivity contribution is 0.0665. The van der Waals surface area contributed by atoms with E-state index in [1.165, 1.54) is 45.3 Å². The standard InChI is InChI=1S/C14H28N2/c1-4-11(2)9-12(3)15-14-10-16-7-5-13(14)6-8-16/h11-15H,4-10H2,1-3H3. The Morgan fingerprint density at radius 2 is 1.94 bits per heavy atom. The van der Waals surface area contributed by atoms with Crippen molar-refractivity contribution in [1.82, 2.24) is 10.2 Å². The second-order valence-electron chi connectivity index (χ2n) is 6.06. The van der Waals surface area contributed by atoms with Crippen LogP contribution in [0.1, 0.15) is 46.5 Å². The molecule has 3 aliphatic heterocycles. The van der Waals surface area contributed by atoms with E-state index in [-0.39, 0.29) is 0 Å². The van der Waals surface area contributed by atoms with Crippen molar-refractivity contribution in [2.75, 3.05) is 19.6 Å². The Bertz CT molecular complexity index is 209. The van der Waals surface area contributed by atoms with Gasteiger partial charge < -0.3 is 10.2 Å². The molecule has 0 spiro atoms. The number of hydrogen-bond donors (Lipinski definition) is 1. The van der Waals surface area contributed by atoms with E-state index < -0.39 is 0 Å². The van der Waals surface area contributed by atoms with Crippen LogP contribution in [0.3, 0.4) is 0 Å². The van der Waals surface area contributed by atoms with E-state index in [1.807, 2.05) is 0 Å². The maximum Gasteiger partial charge on any atom is 0.0226 e. The highest BCUT2D eigenvalue weighted by Gasteiger charge is 2.34. The van der Waals surface area contributed by atoms with E-state index in [0.717, 1.165) is 17.9 Å². The molecule has 3 heterocycles. The lowest BCUT2D eigenvalue weighted by Gasteiger charge is -2.46. The summed E-state index contributed by atoms with van der Waals surface area (Å²) in [5.41, 5.74) is 0. The molecule has 3 rings (SSSR count). The number of rotatable bonds is 5. The van der Waals surface area contributed by atoms with Gasteiger partial charge in [0.1, 0.15) is 0 Å². The molecule has 3 fully saturated rings. The van der Waals surface area contributed by atoms with E-state index >= 15 is 0 Å². The normalized spacial score (nSPS) is 37.3. The van der Waals surface area contributed by atoms with Crippen LogP contribution in [0.25, 0.3) is 0 Å². The van der Waals surface area contributed by atoms with Crippen LogP contribution in [0.2, 0.25) is 0 Å². The quantitative estimate of drug-likeness (QED) is 0.772. The molecular weight excluding hydrogens is 196 g/mol. The molecule has 0 amide bonds. The number of fused-ring (bicyclic) bond motifs is 3. The molecule has 0 aliphatic carbocycles. The zero-order valence-electron chi connectivity index (χ0n) is 11.2. The Morgan fingerprint density at radius 1 is 1.25 bits per heavy atom. The number of nitrogens with one attached hydrogen (secondary N) is 1. The zero-order valence-corrected chi connectivity index (χ0v) is 11.2. The third-order valence-corrected chi connectivity index (χ3v) is 4.61. The van der Waals surface area contributed by atoms with Crippen LogP contribution in [0.5, 0.6) is 0 Å². The van der Waals surface area contributed by atoms with Crippen LogP contribution in [-0.4, -0.2) is 36.6 Å². The largest absolute Gasteiger partial charge is 0.310 e. The van der Waals surface area contributed by atoms with Gasteiger partial charge in [0.2, 0.25) is 0 Å². The summed E-state index contributed by atoms with van der Waals surface area (Å²) in [4.78, 5) is 2.63. The van der Waals surface area contributed by atoms with Gasteiger partial charge in [-0.1, -0.05) is 20.3 Å².